The number of hydrogen-bond acceptors (Lipinski definition) is 3. The number of likely N-dealkylation sites (tertiary alicyclic amines) is 1. The van der Waals surface area contributed by atoms with Crippen LogP contribution in [0.2, 0.25) is 0 Å². The van der Waals surface area contributed by atoms with Crippen molar-refractivity contribution in [2.45, 2.75) is 52.2 Å². The standard InChI is InChI=1S/C18H28N2O2/c1-4-15-7-9-17(10-8-15)19-18(22)13(2)20-11-5-6-16(12-20)14(3)21/h7-10,13-14,16,21H,4-6,11-12H2,1-3H3,(H,19,22). The highest BCUT2D eigenvalue weighted by molar-refractivity contribution is 5.94. The van der Waals surface area contributed by atoms with E-state index in [-0.39, 0.29) is 24.0 Å². The average molecular weight is 304 g/mol. The molecule has 4 heteroatoms. The summed E-state index contributed by atoms with van der Waals surface area (Å²) in [5.74, 6) is 0.295. The van der Waals surface area contributed by atoms with E-state index in [1.54, 1.807) is 0 Å². The number of benzene rings is 1. The Morgan fingerprint density at radius 2 is 2.05 bits per heavy atom. The summed E-state index contributed by atoms with van der Waals surface area (Å²) in [5.41, 5.74) is 2.11. The summed E-state index contributed by atoms with van der Waals surface area (Å²) in [6.45, 7) is 7.62. The highest BCUT2D eigenvalue weighted by atomic mass is 16.3. The number of aliphatic hydroxyl groups excluding tert-OH is 1. The van der Waals surface area contributed by atoms with Crippen LogP contribution in [0, 0.1) is 5.92 Å². The molecule has 1 aromatic rings. The Morgan fingerprint density at radius 3 is 2.64 bits per heavy atom. The zero-order valence-corrected chi connectivity index (χ0v) is 13.9. The van der Waals surface area contributed by atoms with Gasteiger partial charge in [0.25, 0.3) is 0 Å². The minimum atomic E-state index is -0.306. The van der Waals surface area contributed by atoms with E-state index in [0.717, 1.165) is 38.0 Å². The lowest BCUT2D eigenvalue weighted by molar-refractivity contribution is -0.121. The minimum Gasteiger partial charge on any atom is -0.393 e. The van der Waals surface area contributed by atoms with Crippen molar-refractivity contribution in [3.63, 3.8) is 0 Å². The van der Waals surface area contributed by atoms with Crippen molar-refractivity contribution in [2.24, 2.45) is 5.92 Å². The van der Waals surface area contributed by atoms with Crippen LogP contribution in [0.4, 0.5) is 5.69 Å². The largest absolute Gasteiger partial charge is 0.393 e. The summed E-state index contributed by atoms with van der Waals surface area (Å²) < 4.78 is 0. The first-order valence-electron chi connectivity index (χ1n) is 8.33. The first-order valence-corrected chi connectivity index (χ1v) is 8.33. The molecule has 0 radical (unpaired) electrons. The first-order chi connectivity index (χ1) is 10.5. The fraction of sp³-hybridized carbons (Fsp3) is 0.611. The van der Waals surface area contributed by atoms with Gasteiger partial charge in [0.1, 0.15) is 0 Å². The van der Waals surface area contributed by atoms with Crippen LogP contribution in [0.3, 0.4) is 0 Å². The van der Waals surface area contributed by atoms with E-state index in [2.05, 4.69) is 17.1 Å². The number of aliphatic hydroxyl groups is 1. The minimum absolute atomic E-state index is 0.0236. The summed E-state index contributed by atoms with van der Waals surface area (Å²) in [6, 6.07) is 7.83. The Morgan fingerprint density at radius 1 is 1.36 bits per heavy atom. The first kappa shape index (κ1) is 17.0. The molecule has 2 N–H and O–H groups in total. The van der Waals surface area contributed by atoms with E-state index in [1.165, 1.54) is 5.56 Å². The van der Waals surface area contributed by atoms with Crippen LogP contribution in [0.5, 0.6) is 0 Å². The molecule has 122 valence electrons. The number of carbonyl (C=O) groups excluding carboxylic acids is 1. The maximum atomic E-state index is 12.4. The van der Waals surface area contributed by atoms with Crippen LogP contribution in [0.25, 0.3) is 0 Å². The van der Waals surface area contributed by atoms with Gasteiger partial charge in [0.05, 0.1) is 12.1 Å². The summed E-state index contributed by atoms with van der Waals surface area (Å²) in [6.07, 6.45) is 2.78. The van der Waals surface area contributed by atoms with E-state index in [1.807, 2.05) is 38.1 Å². The number of rotatable bonds is 5. The van der Waals surface area contributed by atoms with Crippen LogP contribution < -0.4 is 5.32 Å². The molecule has 0 saturated carbocycles. The second-order valence-corrected chi connectivity index (χ2v) is 6.35. The Balaban J connectivity index is 1.93. The topological polar surface area (TPSA) is 52.6 Å². The molecule has 0 aromatic heterocycles. The second kappa shape index (κ2) is 7.75. The number of aryl methyl sites for hydroxylation is 1. The van der Waals surface area contributed by atoms with E-state index >= 15 is 0 Å². The summed E-state index contributed by atoms with van der Waals surface area (Å²) in [7, 11) is 0. The molecule has 1 aromatic carbocycles. The smallest absolute Gasteiger partial charge is 0.241 e. The maximum Gasteiger partial charge on any atom is 0.241 e. The highest BCUT2D eigenvalue weighted by Crippen LogP contribution is 2.22. The van der Waals surface area contributed by atoms with Gasteiger partial charge in [-0.1, -0.05) is 19.1 Å². The molecule has 1 heterocycles. The normalized spacial score (nSPS) is 22.1. The number of nitrogens with one attached hydrogen (secondary N) is 1. The van der Waals surface area contributed by atoms with Gasteiger partial charge < -0.3 is 10.4 Å². The van der Waals surface area contributed by atoms with Gasteiger partial charge in [-0.15, -0.1) is 0 Å². The monoisotopic (exact) mass is 304 g/mol. The second-order valence-electron chi connectivity index (χ2n) is 6.35. The zero-order valence-electron chi connectivity index (χ0n) is 13.9. The van der Waals surface area contributed by atoms with Gasteiger partial charge in [0.2, 0.25) is 5.91 Å². The number of amides is 1. The van der Waals surface area contributed by atoms with Gasteiger partial charge >= 0.3 is 0 Å². The molecule has 1 fully saturated rings. The summed E-state index contributed by atoms with van der Waals surface area (Å²) in [4.78, 5) is 14.6. The van der Waals surface area contributed by atoms with E-state index in [0.29, 0.717) is 0 Å². The van der Waals surface area contributed by atoms with Crippen molar-refractivity contribution in [1.29, 1.82) is 0 Å². The van der Waals surface area contributed by atoms with Crippen LogP contribution in [-0.2, 0) is 11.2 Å². The lowest BCUT2D eigenvalue weighted by Gasteiger charge is -2.37. The molecule has 1 saturated heterocycles. The van der Waals surface area contributed by atoms with E-state index in [9.17, 15) is 9.90 Å². The van der Waals surface area contributed by atoms with Gasteiger partial charge in [-0.2, -0.15) is 0 Å². The summed E-state index contributed by atoms with van der Waals surface area (Å²) >= 11 is 0. The van der Waals surface area contributed by atoms with Gasteiger partial charge in [0.15, 0.2) is 0 Å². The van der Waals surface area contributed by atoms with E-state index < -0.39 is 0 Å². The highest BCUT2D eigenvalue weighted by Gasteiger charge is 2.29. The quantitative estimate of drug-likeness (QED) is 0.879. The number of piperidine rings is 1. The molecule has 22 heavy (non-hydrogen) atoms. The van der Waals surface area contributed by atoms with Crippen molar-refractivity contribution in [1.82, 2.24) is 4.90 Å². The number of hydrogen-bond donors (Lipinski definition) is 2. The molecule has 1 aliphatic rings. The Labute approximate surface area is 133 Å². The average Bonchev–Trinajstić information content (AvgIpc) is 2.54. The fourth-order valence-electron chi connectivity index (χ4n) is 3.02. The number of carbonyl (C=O) groups is 1. The maximum absolute atomic E-state index is 12.4. The molecule has 2 rings (SSSR count). The molecule has 1 aliphatic heterocycles. The third-order valence-electron chi connectivity index (χ3n) is 4.73. The van der Waals surface area contributed by atoms with Crippen molar-refractivity contribution in [2.75, 3.05) is 18.4 Å². The molecule has 3 unspecified atom stereocenters. The lowest BCUT2D eigenvalue weighted by atomic mass is 9.92. The zero-order chi connectivity index (χ0) is 16.1. The van der Waals surface area contributed by atoms with Crippen LogP contribution in [0.1, 0.15) is 39.2 Å². The third kappa shape index (κ3) is 4.31. The van der Waals surface area contributed by atoms with Gasteiger partial charge in [-0.25, -0.2) is 0 Å². The van der Waals surface area contributed by atoms with Crippen molar-refractivity contribution >= 4 is 11.6 Å². The molecule has 4 nitrogen and oxygen atoms in total. The summed E-state index contributed by atoms with van der Waals surface area (Å²) in [5, 5.41) is 12.8. The Bertz CT molecular complexity index is 484. The number of anilines is 1. The molecular formula is C18H28N2O2. The van der Waals surface area contributed by atoms with Crippen molar-refractivity contribution in [3.8, 4) is 0 Å². The van der Waals surface area contributed by atoms with Crippen LogP contribution in [0.15, 0.2) is 24.3 Å². The molecule has 0 aliphatic carbocycles. The van der Waals surface area contributed by atoms with Crippen molar-refractivity contribution in [3.05, 3.63) is 29.8 Å². The molecule has 1 amide bonds. The molecule has 3 atom stereocenters. The molecule has 0 spiro atoms. The number of nitrogens with zero attached hydrogens (tertiary/aromatic N) is 1. The van der Waals surface area contributed by atoms with Crippen LogP contribution in [-0.4, -0.2) is 41.1 Å². The fourth-order valence-corrected chi connectivity index (χ4v) is 3.02. The van der Waals surface area contributed by atoms with Crippen LogP contribution >= 0.6 is 0 Å². The SMILES string of the molecule is CCc1ccc(NC(=O)C(C)N2CCCC(C(C)O)C2)cc1. The van der Waals surface area contributed by atoms with Crippen molar-refractivity contribution < 1.29 is 9.90 Å². The van der Waals surface area contributed by atoms with Gasteiger partial charge in [-0.3, -0.25) is 9.69 Å². The van der Waals surface area contributed by atoms with Gasteiger partial charge in [-0.05, 0) is 63.3 Å². The van der Waals surface area contributed by atoms with Gasteiger partial charge in [0, 0.05) is 12.2 Å². The Kier molecular flexibility index (Phi) is 5.98. The Hall–Kier alpha value is -1.39. The predicted molar refractivity (Wildman–Crippen MR) is 89.9 cm³/mol. The molecular weight excluding hydrogens is 276 g/mol. The third-order valence-corrected chi connectivity index (χ3v) is 4.73. The lowest BCUT2D eigenvalue weighted by Crippen LogP contribution is -2.48. The molecule has 0 bridgehead atoms. The predicted octanol–water partition coefficient (Wildman–Crippen LogP) is 2.67. The van der Waals surface area contributed by atoms with E-state index in [4.69, 9.17) is 0 Å².